The van der Waals surface area contributed by atoms with E-state index < -0.39 is 0 Å². The third-order valence-corrected chi connectivity index (χ3v) is 16.3. The summed E-state index contributed by atoms with van der Waals surface area (Å²) in [5.74, 6) is 4.59. The highest BCUT2D eigenvalue weighted by molar-refractivity contribution is 6.40. The molecule has 4 fully saturated rings. The maximum absolute atomic E-state index is 15.3. The number of benzene rings is 5. The molecule has 4 saturated carbocycles. The summed E-state index contributed by atoms with van der Waals surface area (Å²) in [6.45, 7) is 0. The van der Waals surface area contributed by atoms with Crippen molar-refractivity contribution in [3.63, 3.8) is 0 Å². The van der Waals surface area contributed by atoms with E-state index in [-0.39, 0.29) is 5.78 Å². The second kappa shape index (κ2) is 10.0. The molecule has 0 N–H and O–H groups in total. The Labute approximate surface area is 319 Å². The summed E-state index contributed by atoms with van der Waals surface area (Å²) in [6.07, 6.45) is 12.1. The molecule has 9 aliphatic carbocycles. The summed E-state index contributed by atoms with van der Waals surface area (Å²) >= 11 is 0. The minimum absolute atomic E-state index is 0.120. The molecule has 9 aliphatic rings. The van der Waals surface area contributed by atoms with E-state index >= 15 is 4.79 Å². The molecule has 0 amide bonds. The van der Waals surface area contributed by atoms with Gasteiger partial charge < -0.3 is 4.40 Å². The third kappa shape index (κ3) is 3.49. The first kappa shape index (κ1) is 29.9. The van der Waals surface area contributed by atoms with E-state index in [1.54, 1.807) is 0 Å². The zero-order valence-corrected chi connectivity index (χ0v) is 30.8. The number of carbonyl (C=O) groups is 1. The number of rotatable bonds is 1. The van der Waals surface area contributed by atoms with E-state index in [9.17, 15) is 10.5 Å². The van der Waals surface area contributed by atoms with Crippen molar-refractivity contribution in [2.45, 2.75) is 87.9 Å². The van der Waals surface area contributed by atoms with E-state index in [4.69, 9.17) is 0 Å². The molecular weight excluding hydrogens is 671 g/mol. The number of ketones is 1. The molecule has 8 bridgehead atoms. The number of aromatic nitrogens is 1. The molecule has 16 rings (SSSR count). The quantitative estimate of drug-likeness (QED) is 0.170. The largest absolute Gasteiger partial charge is 0.308 e. The van der Waals surface area contributed by atoms with Crippen molar-refractivity contribution in [1.29, 1.82) is 10.5 Å². The first-order valence-corrected chi connectivity index (χ1v) is 21.0. The molecular formula is C51H39N3O. The monoisotopic (exact) mass is 709 g/mol. The lowest BCUT2D eigenvalue weighted by atomic mass is 9.67. The first-order chi connectivity index (χ1) is 27.1. The lowest BCUT2D eigenvalue weighted by Gasteiger charge is -2.38. The van der Waals surface area contributed by atoms with Crippen LogP contribution in [-0.2, 0) is 0 Å². The average molecular weight is 710 g/mol. The van der Waals surface area contributed by atoms with Crippen LogP contribution >= 0.6 is 0 Å². The van der Waals surface area contributed by atoms with Crippen LogP contribution in [-0.4, -0.2) is 10.2 Å². The first-order valence-electron chi connectivity index (χ1n) is 21.0. The predicted octanol–water partition coefficient (Wildman–Crippen LogP) is 12.2. The van der Waals surface area contributed by atoms with Gasteiger partial charge in [0.25, 0.3) is 0 Å². The smallest absolute Gasteiger partial charge is 0.195 e. The van der Waals surface area contributed by atoms with Gasteiger partial charge in [-0.15, -0.1) is 0 Å². The van der Waals surface area contributed by atoms with Crippen molar-refractivity contribution in [3.8, 4) is 34.4 Å². The lowest BCUT2D eigenvalue weighted by molar-refractivity contribution is 0.104. The average Bonchev–Trinajstić information content (AvgIpc) is 3.71. The highest BCUT2D eigenvalue weighted by atomic mass is 16.1. The van der Waals surface area contributed by atoms with E-state index in [0.29, 0.717) is 35.5 Å². The summed E-state index contributed by atoms with van der Waals surface area (Å²) in [5.41, 5.74) is 16.4. The predicted molar refractivity (Wildman–Crippen MR) is 216 cm³/mol. The SMILES string of the molecule is N#Cc1cc2c(c3c1C1CC4CC(C1)CC3C4)c1c3c(c(-c4ccccc4)c4c5c6c(c(C#N)cc5n2c14)C1CC2CC(C1)CC6C2)-c1ccccc1C3=O. The maximum Gasteiger partial charge on any atom is 0.195 e. The molecule has 4 atom stereocenters. The normalized spacial score (nSPS) is 29.1. The van der Waals surface area contributed by atoms with Gasteiger partial charge in [0.2, 0.25) is 0 Å². The Morgan fingerprint density at radius 3 is 1.45 bits per heavy atom. The Morgan fingerprint density at radius 2 is 0.945 bits per heavy atom. The molecule has 4 unspecified atom stereocenters. The van der Waals surface area contributed by atoms with Crippen LogP contribution in [0.2, 0.25) is 0 Å². The Hall–Kier alpha value is -5.45. The summed E-state index contributed by atoms with van der Waals surface area (Å²) in [7, 11) is 0. The Morgan fingerprint density at radius 1 is 0.491 bits per heavy atom. The van der Waals surface area contributed by atoms with Crippen LogP contribution in [0.1, 0.15) is 137 Å². The Kier molecular flexibility index (Phi) is 5.45. The molecule has 264 valence electrons. The number of hydrogen-bond donors (Lipinski definition) is 0. The van der Waals surface area contributed by atoms with E-state index in [0.717, 1.165) is 78.3 Å². The zero-order valence-electron chi connectivity index (χ0n) is 30.8. The standard InChI is InChI=1S/C51H39N3O/c52-22-33-20-37-45(42-31-16-24-10-25(17-31)13-29(12-24)39(33)42)47-41(28-6-2-1-3-7-28)44-35-8-4-5-9-36(35)51(55)49(44)48-46-38(54(37)50(47)48)21-34(23-53)40-30-14-26-11-27(15-30)19-32(18-26)43(40)46/h1-9,20-21,24-27,29-32H,10-19H2. The number of carbonyl (C=O) groups excluding carboxylic acids is 1. The second-order valence-electron chi connectivity index (χ2n) is 18.9. The van der Waals surface area contributed by atoms with Crippen LogP contribution in [0, 0.1) is 46.3 Å². The van der Waals surface area contributed by atoms with Crippen molar-refractivity contribution in [1.82, 2.24) is 4.40 Å². The van der Waals surface area contributed by atoms with Crippen molar-refractivity contribution in [2.75, 3.05) is 0 Å². The van der Waals surface area contributed by atoms with E-state index in [1.165, 1.54) is 103 Å². The number of hydrogen-bond acceptors (Lipinski definition) is 3. The van der Waals surface area contributed by atoms with Gasteiger partial charge in [-0.2, -0.15) is 10.5 Å². The molecule has 55 heavy (non-hydrogen) atoms. The van der Waals surface area contributed by atoms with Crippen molar-refractivity contribution in [2.24, 2.45) is 23.7 Å². The van der Waals surface area contributed by atoms with Gasteiger partial charge in [-0.1, -0.05) is 54.6 Å². The van der Waals surface area contributed by atoms with Gasteiger partial charge in [0.05, 0.1) is 39.8 Å². The number of nitrogens with zero attached hydrogens (tertiary/aromatic N) is 3. The zero-order chi connectivity index (χ0) is 36.0. The van der Waals surface area contributed by atoms with Gasteiger partial charge in [-0.25, -0.2) is 0 Å². The Balaban J connectivity index is 1.28. The molecule has 0 saturated heterocycles. The van der Waals surface area contributed by atoms with Gasteiger partial charge in [0.15, 0.2) is 5.78 Å². The minimum Gasteiger partial charge on any atom is -0.308 e. The van der Waals surface area contributed by atoms with Gasteiger partial charge in [-0.05, 0) is 157 Å². The summed E-state index contributed by atoms with van der Waals surface area (Å²) in [5, 5.41) is 27.0. The van der Waals surface area contributed by atoms with Crippen molar-refractivity contribution in [3.05, 3.63) is 111 Å². The van der Waals surface area contributed by atoms with Crippen LogP contribution < -0.4 is 0 Å². The molecule has 4 nitrogen and oxygen atoms in total. The molecule has 2 heterocycles. The number of fused-ring (bicyclic) bond motifs is 10. The summed E-state index contributed by atoms with van der Waals surface area (Å²) in [6, 6.07) is 29.1. The second-order valence-corrected chi connectivity index (χ2v) is 18.9. The third-order valence-electron chi connectivity index (χ3n) is 16.3. The fourth-order valence-electron chi connectivity index (χ4n) is 15.1. The highest BCUT2D eigenvalue weighted by Gasteiger charge is 2.48. The summed E-state index contributed by atoms with van der Waals surface area (Å²) in [4.78, 5) is 15.3. The van der Waals surface area contributed by atoms with Crippen molar-refractivity contribution < 1.29 is 4.79 Å². The van der Waals surface area contributed by atoms with Gasteiger partial charge in [0, 0.05) is 43.8 Å². The molecule has 7 aromatic rings. The van der Waals surface area contributed by atoms with Crippen LogP contribution in [0.25, 0.3) is 60.3 Å². The van der Waals surface area contributed by atoms with Crippen LogP contribution in [0.15, 0.2) is 66.7 Å². The van der Waals surface area contributed by atoms with E-state index in [2.05, 4.69) is 71.1 Å². The minimum atomic E-state index is 0.120. The van der Waals surface area contributed by atoms with Crippen molar-refractivity contribution >= 4 is 43.9 Å². The van der Waals surface area contributed by atoms with E-state index in [1.807, 2.05) is 12.1 Å². The molecule has 0 radical (unpaired) electrons. The van der Waals surface area contributed by atoms with Crippen LogP contribution in [0.5, 0.6) is 0 Å². The Bertz CT molecular complexity index is 3020. The molecule has 4 heteroatoms. The van der Waals surface area contributed by atoms with Crippen LogP contribution in [0.4, 0.5) is 0 Å². The van der Waals surface area contributed by atoms with Crippen LogP contribution in [0.3, 0.4) is 0 Å². The number of nitriles is 2. The summed E-state index contributed by atoms with van der Waals surface area (Å²) < 4.78 is 2.46. The van der Waals surface area contributed by atoms with Gasteiger partial charge in [-0.3, -0.25) is 4.79 Å². The molecule has 2 aromatic heterocycles. The van der Waals surface area contributed by atoms with Gasteiger partial charge in [0.1, 0.15) is 0 Å². The lowest BCUT2D eigenvalue weighted by Crippen LogP contribution is -2.25. The maximum atomic E-state index is 15.3. The fourth-order valence-corrected chi connectivity index (χ4v) is 15.1. The van der Waals surface area contributed by atoms with Gasteiger partial charge >= 0.3 is 0 Å². The topological polar surface area (TPSA) is 69.1 Å². The highest BCUT2D eigenvalue weighted by Crippen LogP contribution is 2.64. The molecule has 5 aromatic carbocycles. The molecule has 0 spiro atoms. The fraction of sp³-hybridized carbons (Fsp3) is 0.353. The molecule has 0 aliphatic heterocycles.